The maximum Gasteiger partial charge on any atom is 0.303 e. The summed E-state index contributed by atoms with van der Waals surface area (Å²) in [5.41, 5.74) is 0. The van der Waals surface area contributed by atoms with Crippen molar-refractivity contribution in [3.05, 3.63) is 48.6 Å². The highest BCUT2D eigenvalue weighted by Gasteiger charge is 2.35. The van der Waals surface area contributed by atoms with Crippen LogP contribution in [-0.2, 0) is 9.53 Å². The minimum absolute atomic E-state index is 0.106. The van der Waals surface area contributed by atoms with Crippen LogP contribution in [0.3, 0.4) is 0 Å². The van der Waals surface area contributed by atoms with Gasteiger partial charge in [0.15, 0.2) is 0 Å². The van der Waals surface area contributed by atoms with E-state index in [9.17, 15) is 20.1 Å². The summed E-state index contributed by atoms with van der Waals surface area (Å²) in [5.74, 6) is -0.968. The molecule has 6 nitrogen and oxygen atoms in total. The molecule has 0 aromatic rings. The zero-order chi connectivity index (χ0) is 20.8. The highest BCUT2D eigenvalue weighted by molar-refractivity contribution is 5.66. The minimum Gasteiger partial charge on any atom is -0.481 e. The summed E-state index contributed by atoms with van der Waals surface area (Å²) in [6, 6.07) is 0. The molecule has 5 atom stereocenters. The van der Waals surface area contributed by atoms with Crippen LogP contribution in [0.4, 0.5) is 0 Å². The summed E-state index contributed by atoms with van der Waals surface area (Å²) >= 11 is 0. The third kappa shape index (κ3) is 10.6. The van der Waals surface area contributed by atoms with Crippen LogP contribution in [0.25, 0.3) is 0 Å². The molecule has 1 aliphatic heterocycles. The normalized spacial score (nSPS) is 25.5. The minimum atomic E-state index is -0.968. The van der Waals surface area contributed by atoms with Crippen molar-refractivity contribution >= 4 is 5.97 Å². The van der Waals surface area contributed by atoms with Crippen molar-refractivity contribution in [2.75, 3.05) is 0 Å². The summed E-state index contributed by atoms with van der Waals surface area (Å²) < 4.78 is 5.67. The van der Waals surface area contributed by atoms with Gasteiger partial charge in [-0.15, -0.1) is 0 Å². The molecule has 158 valence electrons. The molecule has 1 rings (SSSR count). The maximum absolute atomic E-state index is 10.5. The molecular formula is C22H34O6. The van der Waals surface area contributed by atoms with Gasteiger partial charge in [-0.05, 0) is 32.1 Å². The monoisotopic (exact) mass is 394 g/mol. The van der Waals surface area contributed by atoms with Gasteiger partial charge in [0.25, 0.3) is 0 Å². The predicted molar refractivity (Wildman–Crippen MR) is 109 cm³/mol. The number of allylic oxidation sites excluding steroid dienone is 5. The third-order valence-corrected chi connectivity index (χ3v) is 4.45. The van der Waals surface area contributed by atoms with Gasteiger partial charge in [-0.2, -0.15) is 0 Å². The predicted octanol–water partition coefficient (Wildman–Crippen LogP) is 2.90. The first-order chi connectivity index (χ1) is 13.4. The largest absolute Gasteiger partial charge is 0.481 e. The molecule has 1 fully saturated rings. The summed E-state index contributed by atoms with van der Waals surface area (Å²) in [4.78, 5) is 10.5. The molecule has 0 unspecified atom stereocenters. The van der Waals surface area contributed by atoms with Crippen molar-refractivity contribution in [3.8, 4) is 0 Å². The first kappa shape index (κ1) is 24.3. The van der Waals surface area contributed by atoms with Crippen LogP contribution in [-0.4, -0.2) is 56.9 Å². The van der Waals surface area contributed by atoms with Gasteiger partial charge in [0, 0.05) is 12.8 Å². The lowest BCUT2D eigenvalue weighted by Gasteiger charge is -2.16. The molecule has 1 aliphatic rings. The van der Waals surface area contributed by atoms with Crippen LogP contribution < -0.4 is 0 Å². The summed E-state index contributed by atoms with van der Waals surface area (Å²) in [5, 5.41) is 38.6. The van der Waals surface area contributed by atoms with Gasteiger partial charge in [-0.25, -0.2) is 0 Å². The maximum atomic E-state index is 10.5. The molecule has 0 amide bonds. The van der Waals surface area contributed by atoms with Crippen LogP contribution in [0.5, 0.6) is 0 Å². The van der Waals surface area contributed by atoms with Gasteiger partial charge >= 0.3 is 5.97 Å². The van der Waals surface area contributed by atoms with Crippen LogP contribution in [0.1, 0.15) is 51.9 Å². The second kappa shape index (κ2) is 14.3. The first-order valence-corrected chi connectivity index (χ1v) is 9.98. The van der Waals surface area contributed by atoms with E-state index in [-0.39, 0.29) is 12.8 Å². The summed E-state index contributed by atoms with van der Waals surface area (Å²) in [6.07, 6.45) is 15.4. The van der Waals surface area contributed by atoms with Crippen molar-refractivity contribution < 1.29 is 30.0 Å². The molecule has 0 aromatic heterocycles. The highest BCUT2D eigenvalue weighted by atomic mass is 16.5. The van der Waals surface area contributed by atoms with Crippen molar-refractivity contribution in [2.45, 2.75) is 82.4 Å². The zero-order valence-electron chi connectivity index (χ0n) is 16.6. The lowest BCUT2D eigenvalue weighted by atomic mass is 10.0. The number of hydrogen-bond acceptors (Lipinski definition) is 5. The molecule has 1 heterocycles. The van der Waals surface area contributed by atoms with E-state index in [2.05, 4.69) is 31.2 Å². The van der Waals surface area contributed by atoms with Crippen molar-refractivity contribution in [1.82, 2.24) is 0 Å². The molecule has 0 radical (unpaired) electrons. The zero-order valence-corrected chi connectivity index (χ0v) is 16.6. The number of carbonyl (C=O) groups is 1. The van der Waals surface area contributed by atoms with E-state index >= 15 is 0 Å². The van der Waals surface area contributed by atoms with E-state index in [1.807, 2.05) is 12.2 Å². The first-order valence-electron chi connectivity index (χ1n) is 9.98. The number of aliphatic carboxylic acids is 1. The van der Waals surface area contributed by atoms with Crippen LogP contribution in [0, 0.1) is 0 Å². The fourth-order valence-corrected chi connectivity index (χ4v) is 2.84. The van der Waals surface area contributed by atoms with Crippen LogP contribution in [0.2, 0.25) is 0 Å². The smallest absolute Gasteiger partial charge is 0.303 e. The molecular weight excluding hydrogens is 360 g/mol. The fourth-order valence-electron chi connectivity index (χ4n) is 2.84. The molecule has 4 N–H and O–H groups in total. The molecule has 0 bridgehead atoms. The van der Waals surface area contributed by atoms with Crippen LogP contribution in [0.15, 0.2) is 48.6 Å². The number of ether oxygens (including phenoxy) is 1. The number of hydrogen-bond donors (Lipinski definition) is 4. The van der Waals surface area contributed by atoms with Gasteiger partial charge < -0.3 is 25.2 Å². The Hall–Kier alpha value is -1.73. The number of aliphatic hydroxyl groups excluding tert-OH is 3. The van der Waals surface area contributed by atoms with Crippen molar-refractivity contribution in [2.24, 2.45) is 0 Å². The number of aliphatic hydroxyl groups is 3. The average molecular weight is 395 g/mol. The van der Waals surface area contributed by atoms with Crippen molar-refractivity contribution in [1.29, 1.82) is 0 Å². The van der Waals surface area contributed by atoms with Gasteiger partial charge in [0.1, 0.15) is 6.10 Å². The highest BCUT2D eigenvalue weighted by Crippen LogP contribution is 2.25. The molecule has 0 aliphatic carbocycles. The Morgan fingerprint density at radius 2 is 1.75 bits per heavy atom. The Kier molecular flexibility index (Phi) is 12.4. The summed E-state index contributed by atoms with van der Waals surface area (Å²) in [6.45, 7) is 2.10. The van der Waals surface area contributed by atoms with E-state index in [1.165, 1.54) is 12.2 Å². The van der Waals surface area contributed by atoms with Gasteiger partial charge in [-0.1, -0.05) is 55.5 Å². The summed E-state index contributed by atoms with van der Waals surface area (Å²) in [7, 11) is 0. The number of rotatable bonds is 13. The Bertz CT molecular complexity index is 551. The standard InChI is InChI=1S/C22H34O6/c1-2-3-4-5-6-7-8-9-10-11-18(24)21-16-19(25)20(28-21)14-12-17(23)13-15-22(26)27/h3-4,6-7,9-10,12,14,17-21,23-25H,2,5,8,11,13,15-16H2,1H3,(H,26,27)/b4-3-,7-6-,10-9-,14-12+/t17-,18+,19-,20+,21+/m0/s1. The Labute approximate surface area is 167 Å². The number of carboxylic acids is 1. The Balaban J connectivity index is 2.31. The molecule has 0 spiro atoms. The van der Waals surface area contributed by atoms with Gasteiger partial charge in [-0.3, -0.25) is 4.79 Å². The Morgan fingerprint density at radius 3 is 2.39 bits per heavy atom. The van der Waals surface area contributed by atoms with E-state index in [1.54, 1.807) is 0 Å². The van der Waals surface area contributed by atoms with Gasteiger partial charge in [0.05, 0.1) is 24.4 Å². The molecule has 0 saturated carbocycles. The molecule has 1 saturated heterocycles. The molecule has 6 heteroatoms. The lowest BCUT2D eigenvalue weighted by Crippen LogP contribution is -2.25. The third-order valence-electron chi connectivity index (χ3n) is 4.45. The van der Waals surface area contributed by atoms with E-state index in [0.717, 1.165) is 19.3 Å². The van der Waals surface area contributed by atoms with E-state index in [0.29, 0.717) is 12.8 Å². The topological polar surface area (TPSA) is 107 Å². The SMILES string of the molecule is CC/C=C\C/C=C\C/C=C\C[C@@H](O)[C@H]1C[C@H](O)[C@@H](/C=C/[C@H](O)CCC(=O)O)O1. The average Bonchev–Trinajstić information content (AvgIpc) is 3.04. The second-order valence-electron chi connectivity index (χ2n) is 6.92. The lowest BCUT2D eigenvalue weighted by molar-refractivity contribution is -0.137. The van der Waals surface area contributed by atoms with Crippen LogP contribution >= 0.6 is 0 Å². The molecule has 0 aromatic carbocycles. The number of carboxylic acid groups (broad SMARTS) is 1. The molecule has 28 heavy (non-hydrogen) atoms. The quantitative estimate of drug-likeness (QED) is 0.358. The van der Waals surface area contributed by atoms with Crippen molar-refractivity contribution in [3.63, 3.8) is 0 Å². The Morgan fingerprint density at radius 1 is 1.11 bits per heavy atom. The second-order valence-corrected chi connectivity index (χ2v) is 6.92. The van der Waals surface area contributed by atoms with E-state index in [4.69, 9.17) is 9.84 Å². The van der Waals surface area contributed by atoms with Gasteiger partial charge in [0.2, 0.25) is 0 Å². The fraction of sp³-hybridized carbons (Fsp3) is 0.591. The van der Waals surface area contributed by atoms with E-state index < -0.39 is 36.5 Å².